The van der Waals surface area contributed by atoms with Crippen molar-refractivity contribution >= 4 is 34.9 Å². The van der Waals surface area contributed by atoms with Crippen LogP contribution in [0.5, 0.6) is 0 Å². The molecule has 4 nitrogen and oxygen atoms in total. The van der Waals surface area contributed by atoms with E-state index in [1.165, 1.54) is 25.7 Å². The number of hydrogen-bond acceptors (Lipinski definition) is 5. The molecule has 19 heavy (non-hydrogen) atoms. The van der Waals surface area contributed by atoms with Gasteiger partial charge in [0.05, 0.1) is 0 Å². The summed E-state index contributed by atoms with van der Waals surface area (Å²) in [6.07, 6.45) is 7.05. The molecule has 6 heteroatoms. The Bertz CT molecular complexity index is 456. The van der Waals surface area contributed by atoms with Crippen molar-refractivity contribution in [2.75, 3.05) is 11.6 Å². The SMILES string of the molecule is CSC1CCC(Nc2nc(C)cc(C(N)=S)n2)CC1. The summed E-state index contributed by atoms with van der Waals surface area (Å²) < 4.78 is 0. The Morgan fingerprint density at radius 2 is 2.05 bits per heavy atom. The second-order valence-corrected chi connectivity index (χ2v) is 6.51. The van der Waals surface area contributed by atoms with Crippen LogP contribution in [0.25, 0.3) is 0 Å². The van der Waals surface area contributed by atoms with Gasteiger partial charge in [-0.2, -0.15) is 11.8 Å². The Balaban J connectivity index is 2.01. The summed E-state index contributed by atoms with van der Waals surface area (Å²) in [7, 11) is 0. The molecule has 0 radical (unpaired) electrons. The minimum atomic E-state index is 0.319. The van der Waals surface area contributed by atoms with Gasteiger partial charge in [-0.25, -0.2) is 9.97 Å². The normalized spacial score (nSPS) is 23.1. The maximum absolute atomic E-state index is 5.63. The van der Waals surface area contributed by atoms with Crippen LogP contribution < -0.4 is 11.1 Å². The summed E-state index contributed by atoms with van der Waals surface area (Å²) >= 11 is 6.94. The second-order valence-electron chi connectivity index (χ2n) is 4.94. The molecule has 0 spiro atoms. The number of rotatable bonds is 4. The number of nitrogens with zero attached hydrogens (tertiary/aromatic N) is 2. The molecule has 1 fully saturated rings. The van der Waals surface area contributed by atoms with Gasteiger partial charge in [0.2, 0.25) is 5.95 Å². The quantitative estimate of drug-likeness (QED) is 0.832. The van der Waals surface area contributed by atoms with Crippen molar-refractivity contribution in [3.05, 3.63) is 17.5 Å². The first-order chi connectivity index (χ1) is 9.08. The number of nitrogens with one attached hydrogen (secondary N) is 1. The van der Waals surface area contributed by atoms with Gasteiger partial charge in [-0.15, -0.1) is 0 Å². The lowest BCUT2D eigenvalue weighted by atomic mass is 9.95. The molecule has 3 N–H and O–H groups in total. The highest BCUT2D eigenvalue weighted by atomic mass is 32.2. The summed E-state index contributed by atoms with van der Waals surface area (Å²) in [5.74, 6) is 0.649. The van der Waals surface area contributed by atoms with Crippen molar-refractivity contribution in [2.24, 2.45) is 5.73 Å². The molecule has 0 atom stereocenters. The maximum atomic E-state index is 5.63. The Labute approximate surface area is 124 Å². The average molecular weight is 296 g/mol. The van der Waals surface area contributed by atoms with Crippen LogP contribution in [0, 0.1) is 6.92 Å². The van der Waals surface area contributed by atoms with Crippen molar-refractivity contribution in [1.29, 1.82) is 0 Å². The maximum Gasteiger partial charge on any atom is 0.223 e. The Morgan fingerprint density at radius 3 is 2.63 bits per heavy atom. The lowest BCUT2D eigenvalue weighted by Crippen LogP contribution is -2.28. The topological polar surface area (TPSA) is 63.8 Å². The minimum Gasteiger partial charge on any atom is -0.388 e. The average Bonchev–Trinajstić information content (AvgIpc) is 2.39. The fraction of sp³-hybridized carbons (Fsp3) is 0.615. The summed E-state index contributed by atoms with van der Waals surface area (Å²) in [4.78, 5) is 9.10. The summed E-state index contributed by atoms with van der Waals surface area (Å²) in [5.41, 5.74) is 7.16. The second kappa shape index (κ2) is 6.52. The predicted octanol–water partition coefficient (Wildman–Crippen LogP) is 2.51. The highest BCUT2D eigenvalue weighted by molar-refractivity contribution is 7.99. The summed E-state index contributed by atoms with van der Waals surface area (Å²) in [5, 5.41) is 4.22. The van der Waals surface area contributed by atoms with Crippen LogP contribution in [0.3, 0.4) is 0 Å². The zero-order valence-electron chi connectivity index (χ0n) is 11.3. The molecule has 1 heterocycles. The van der Waals surface area contributed by atoms with E-state index < -0.39 is 0 Å². The molecule has 1 saturated carbocycles. The van der Waals surface area contributed by atoms with E-state index in [0.29, 0.717) is 22.7 Å². The van der Waals surface area contributed by atoms with E-state index in [-0.39, 0.29) is 0 Å². The van der Waals surface area contributed by atoms with E-state index in [4.69, 9.17) is 18.0 Å². The number of hydrogen-bond donors (Lipinski definition) is 2. The molecule has 0 unspecified atom stereocenters. The van der Waals surface area contributed by atoms with Crippen LogP contribution in [0.4, 0.5) is 5.95 Å². The number of anilines is 1. The van der Waals surface area contributed by atoms with Crippen LogP contribution in [0.1, 0.15) is 37.1 Å². The monoisotopic (exact) mass is 296 g/mol. The number of aryl methyl sites for hydroxylation is 1. The number of nitrogens with two attached hydrogens (primary N) is 1. The fourth-order valence-electron chi connectivity index (χ4n) is 2.38. The number of aromatic nitrogens is 2. The molecule has 1 aromatic rings. The largest absolute Gasteiger partial charge is 0.388 e. The molecular formula is C13H20N4S2. The molecular weight excluding hydrogens is 276 g/mol. The van der Waals surface area contributed by atoms with E-state index in [2.05, 4.69) is 21.5 Å². The third kappa shape index (κ3) is 4.04. The standard InChI is InChI=1S/C13H20N4S2/c1-8-7-11(12(14)18)17-13(15-8)16-9-3-5-10(19-2)6-4-9/h7,9-10H,3-6H2,1-2H3,(H2,14,18)(H,15,16,17). The minimum absolute atomic E-state index is 0.319. The third-order valence-corrected chi connectivity index (χ3v) is 4.79. The molecule has 0 amide bonds. The Kier molecular flexibility index (Phi) is 4.99. The Hall–Kier alpha value is -0.880. The highest BCUT2D eigenvalue weighted by Crippen LogP contribution is 2.28. The third-order valence-electron chi connectivity index (χ3n) is 3.45. The van der Waals surface area contributed by atoms with Gasteiger partial charge in [0.25, 0.3) is 0 Å². The molecule has 1 aliphatic carbocycles. The molecule has 104 valence electrons. The predicted molar refractivity (Wildman–Crippen MR) is 85.8 cm³/mol. The van der Waals surface area contributed by atoms with Gasteiger partial charge in [-0.3, -0.25) is 0 Å². The summed E-state index contributed by atoms with van der Waals surface area (Å²) in [6, 6.07) is 2.28. The van der Waals surface area contributed by atoms with Crippen LogP contribution in [0.2, 0.25) is 0 Å². The van der Waals surface area contributed by atoms with E-state index in [0.717, 1.165) is 10.9 Å². The first kappa shape index (κ1) is 14.5. The van der Waals surface area contributed by atoms with Crippen LogP contribution in [0.15, 0.2) is 6.07 Å². The fourth-order valence-corrected chi connectivity index (χ4v) is 3.23. The van der Waals surface area contributed by atoms with Gasteiger partial charge < -0.3 is 11.1 Å². The van der Waals surface area contributed by atoms with Gasteiger partial charge in [0, 0.05) is 17.0 Å². The van der Waals surface area contributed by atoms with Crippen molar-refractivity contribution < 1.29 is 0 Å². The molecule has 2 rings (SSSR count). The van der Waals surface area contributed by atoms with Gasteiger partial charge in [-0.05, 0) is 44.9 Å². The molecule has 0 bridgehead atoms. The van der Waals surface area contributed by atoms with Gasteiger partial charge in [0.1, 0.15) is 10.7 Å². The highest BCUT2D eigenvalue weighted by Gasteiger charge is 2.21. The molecule has 0 saturated heterocycles. The molecule has 1 aliphatic rings. The zero-order valence-corrected chi connectivity index (χ0v) is 13.0. The first-order valence-corrected chi connectivity index (χ1v) is 8.23. The lowest BCUT2D eigenvalue weighted by molar-refractivity contribution is 0.471. The Morgan fingerprint density at radius 1 is 1.37 bits per heavy atom. The summed E-state index contributed by atoms with van der Waals surface area (Å²) in [6.45, 7) is 1.93. The van der Waals surface area contributed by atoms with Crippen molar-refractivity contribution in [1.82, 2.24) is 9.97 Å². The molecule has 0 aliphatic heterocycles. The van der Waals surface area contributed by atoms with Crippen molar-refractivity contribution in [2.45, 2.75) is 43.9 Å². The van der Waals surface area contributed by atoms with Gasteiger partial charge >= 0.3 is 0 Å². The number of thioether (sulfide) groups is 1. The van der Waals surface area contributed by atoms with Crippen LogP contribution in [-0.2, 0) is 0 Å². The van der Waals surface area contributed by atoms with Gasteiger partial charge in [0.15, 0.2) is 0 Å². The smallest absolute Gasteiger partial charge is 0.223 e. The van der Waals surface area contributed by atoms with E-state index >= 15 is 0 Å². The van der Waals surface area contributed by atoms with E-state index in [9.17, 15) is 0 Å². The molecule has 0 aromatic carbocycles. The number of thiocarbonyl (C=S) groups is 1. The van der Waals surface area contributed by atoms with Gasteiger partial charge in [-0.1, -0.05) is 12.2 Å². The van der Waals surface area contributed by atoms with Crippen molar-refractivity contribution in [3.8, 4) is 0 Å². The van der Waals surface area contributed by atoms with E-state index in [1.54, 1.807) is 0 Å². The first-order valence-electron chi connectivity index (χ1n) is 6.53. The van der Waals surface area contributed by atoms with Crippen LogP contribution in [-0.4, -0.2) is 32.5 Å². The lowest BCUT2D eigenvalue weighted by Gasteiger charge is -2.28. The van der Waals surface area contributed by atoms with E-state index in [1.807, 2.05) is 24.8 Å². The molecule has 1 aromatic heterocycles. The van der Waals surface area contributed by atoms with Crippen molar-refractivity contribution in [3.63, 3.8) is 0 Å². The zero-order chi connectivity index (χ0) is 13.8. The van der Waals surface area contributed by atoms with Crippen LogP contribution >= 0.6 is 24.0 Å².